The number of hydrogen-bond donors (Lipinski definition) is 3. The number of pyridine rings is 1. The van der Waals surface area contributed by atoms with E-state index in [0.717, 1.165) is 49.8 Å². The highest BCUT2D eigenvalue weighted by Crippen LogP contribution is 2.38. The molecule has 1 aromatic carbocycles. The van der Waals surface area contributed by atoms with E-state index in [9.17, 15) is 22.8 Å². The van der Waals surface area contributed by atoms with Crippen molar-refractivity contribution in [3.8, 4) is 11.3 Å². The van der Waals surface area contributed by atoms with Crippen LogP contribution in [-0.2, 0) is 15.7 Å². The van der Waals surface area contributed by atoms with E-state index >= 15 is 0 Å². The molecular formula is C30H30F3N7O3. The molecule has 2 unspecified atom stereocenters. The summed E-state index contributed by atoms with van der Waals surface area (Å²) in [4.78, 5) is 38.7. The van der Waals surface area contributed by atoms with Crippen LogP contribution in [0, 0.1) is 5.41 Å². The molecule has 1 aliphatic heterocycles. The summed E-state index contributed by atoms with van der Waals surface area (Å²) in [7, 11) is 0. The minimum absolute atomic E-state index is 0.0134. The monoisotopic (exact) mass is 593 g/mol. The topological polar surface area (TPSA) is 137 Å². The fraction of sp³-hybridized carbons (Fsp3) is 0.367. The van der Waals surface area contributed by atoms with Gasteiger partial charge in [-0.15, -0.1) is 0 Å². The van der Waals surface area contributed by atoms with Gasteiger partial charge < -0.3 is 21.1 Å². The molecule has 2 amide bonds. The fourth-order valence-corrected chi connectivity index (χ4v) is 5.67. The first-order valence-electron chi connectivity index (χ1n) is 14.0. The number of ether oxygens (including phenoxy) is 1. The van der Waals surface area contributed by atoms with Gasteiger partial charge in [0.1, 0.15) is 28.7 Å². The molecule has 10 nitrogen and oxygen atoms in total. The van der Waals surface area contributed by atoms with Crippen molar-refractivity contribution in [3.05, 3.63) is 71.9 Å². The first-order valence-corrected chi connectivity index (χ1v) is 14.0. The van der Waals surface area contributed by atoms with Crippen molar-refractivity contribution in [2.45, 2.75) is 50.7 Å². The summed E-state index contributed by atoms with van der Waals surface area (Å²) >= 11 is 0. The van der Waals surface area contributed by atoms with E-state index in [1.807, 2.05) is 17.5 Å². The quantitative estimate of drug-likeness (QED) is 0.292. The number of carbonyl (C=O) groups is 2. The van der Waals surface area contributed by atoms with Crippen molar-refractivity contribution in [1.82, 2.24) is 24.7 Å². The molecule has 4 aromatic rings. The van der Waals surface area contributed by atoms with E-state index in [1.54, 1.807) is 30.5 Å². The average Bonchev–Trinajstić information content (AvgIpc) is 3.37. The Hall–Kier alpha value is -4.52. The average molecular weight is 594 g/mol. The van der Waals surface area contributed by atoms with Gasteiger partial charge in [0, 0.05) is 41.7 Å². The van der Waals surface area contributed by atoms with Crippen LogP contribution in [0.5, 0.6) is 0 Å². The van der Waals surface area contributed by atoms with E-state index in [0.29, 0.717) is 35.8 Å². The van der Waals surface area contributed by atoms with E-state index in [1.165, 1.54) is 0 Å². The summed E-state index contributed by atoms with van der Waals surface area (Å²) in [6.45, 7) is 2.77. The maximum Gasteiger partial charge on any atom is 0.416 e. The Labute approximate surface area is 244 Å². The molecule has 2 atom stereocenters. The number of halogens is 3. The van der Waals surface area contributed by atoms with Gasteiger partial charge in [0.15, 0.2) is 0 Å². The van der Waals surface area contributed by atoms with Crippen molar-refractivity contribution < 1.29 is 27.5 Å². The first-order chi connectivity index (χ1) is 20.5. The summed E-state index contributed by atoms with van der Waals surface area (Å²) in [5.74, 6) is 0.384. The number of nitrogens with one attached hydrogen (secondary N) is 2. The maximum atomic E-state index is 13.0. The third-order valence-electron chi connectivity index (χ3n) is 8.12. The number of nitrogens with two attached hydrogens (primary N) is 1. The number of carbonyl (C=O) groups excluding carboxylic acids is 2. The third-order valence-corrected chi connectivity index (χ3v) is 8.12. The fourth-order valence-electron chi connectivity index (χ4n) is 5.67. The number of amides is 2. The second kappa shape index (κ2) is 11.0. The number of rotatable bonds is 6. The van der Waals surface area contributed by atoms with Crippen molar-refractivity contribution in [1.29, 1.82) is 0 Å². The number of anilines is 2. The lowest BCUT2D eigenvalue weighted by Gasteiger charge is -2.38. The van der Waals surface area contributed by atoms with Gasteiger partial charge in [-0.05, 0) is 50.5 Å². The van der Waals surface area contributed by atoms with Crippen LogP contribution in [0.2, 0.25) is 0 Å². The molecule has 13 heteroatoms. The summed E-state index contributed by atoms with van der Waals surface area (Å²) < 4.78 is 46.3. The van der Waals surface area contributed by atoms with Crippen molar-refractivity contribution in [3.63, 3.8) is 0 Å². The number of imidazole rings is 1. The molecule has 1 saturated carbocycles. The molecule has 4 N–H and O–H groups in total. The number of aromatic nitrogens is 4. The van der Waals surface area contributed by atoms with Crippen LogP contribution in [0.3, 0.4) is 0 Å². The molecule has 0 bridgehead atoms. The molecule has 2 fully saturated rings. The molecular weight excluding hydrogens is 563 g/mol. The van der Waals surface area contributed by atoms with Crippen LogP contribution < -0.4 is 16.4 Å². The Morgan fingerprint density at radius 1 is 1.09 bits per heavy atom. The zero-order valence-electron chi connectivity index (χ0n) is 23.3. The van der Waals surface area contributed by atoms with Crippen LogP contribution in [0.25, 0.3) is 16.8 Å². The van der Waals surface area contributed by atoms with Crippen LogP contribution in [0.1, 0.15) is 60.3 Å². The van der Waals surface area contributed by atoms with Crippen molar-refractivity contribution >= 4 is 29.0 Å². The molecule has 6 rings (SSSR count). The largest absolute Gasteiger partial charge is 0.416 e. The second-order valence-corrected chi connectivity index (χ2v) is 11.4. The lowest BCUT2D eigenvalue weighted by atomic mass is 9.83. The Morgan fingerprint density at radius 2 is 1.86 bits per heavy atom. The van der Waals surface area contributed by atoms with Crippen molar-refractivity contribution in [2.75, 3.05) is 24.3 Å². The van der Waals surface area contributed by atoms with E-state index in [4.69, 9.17) is 15.5 Å². The molecule has 3 aromatic heterocycles. The Kier molecular flexibility index (Phi) is 7.28. The summed E-state index contributed by atoms with van der Waals surface area (Å²) in [5.41, 5.74) is 7.08. The highest BCUT2D eigenvalue weighted by Gasteiger charge is 2.42. The molecule has 224 valence electrons. The van der Waals surface area contributed by atoms with Gasteiger partial charge in [-0.3, -0.25) is 14.0 Å². The van der Waals surface area contributed by atoms with Gasteiger partial charge in [-0.2, -0.15) is 13.2 Å². The van der Waals surface area contributed by atoms with Gasteiger partial charge in [-0.1, -0.05) is 18.6 Å². The van der Waals surface area contributed by atoms with E-state index in [-0.39, 0.29) is 29.2 Å². The number of nitrogen functional groups attached to an aromatic ring is 1. The van der Waals surface area contributed by atoms with E-state index < -0.39 is 23.1 Å². The van der Waals surface area contributed by atoms with Gasteiger partial charge in [0.2, 0.25) is 5.91 Å². The molecule has 0 radical (unpaired) electrons. The third kappa shape index (κ3) is 5.64. The minimum Gasteiger partial charge on any atom is -0.382 e. The molecule has 4 heterocycles. The van der Waals surface area contributed by atoms with Gasteiger partial charge in [0.25, 0.3) is 5.91 Å². The predicted octanol–water partition coefficient (Wildman–Crippen LogP) is 4.82. The predicted molar refractivity (Wildman–Crippen MR) is 152 cm³/mol. The Bertz CT molecular complexity index is 1680. The van der Waals surface area contributed by atoms with Crippen molar-refractivity contribution in [2.24, 2.45) is 5.41 Å². The van der Waals surface area contributed by atoms with Crippen LogP contribution in [-0.4, -0.2) is 50.4 Å². The SMILES string of the molecule is CC1(C(=O)NC2CCCC(c3nc(-c4ccc(C(=O)Nc5cc(C(F)(F)F)ccn5)cc4)c4c(N)nccn34)C2)COC1. The normalized spacial score (nSPS) is 19.9. The van der Waals surface area contributed by atoms with Gasteiger partial charge in [0.05, 0.1) is 24.2 Å². The number of nitrogens with zero attached hydrogens (tertiary/aromatic N) is 4. The zero-order valence-corrected chi connectivity index (χ0v) is 23.3. The molecule has 2 aliphatic rings. The standard InChI is InChI=1S/C30H30F3N7O3/c1-29(15-43-16-29)28(42)37-21-4-2-3-19(13-21)26-39-23(24-25(34)36-11-12-40(24)26)17-5-7-18(8-6-17)27(41)38-22-14-20(9-10-35-22)30(31,32)33/h5-12,14,19,21H,2-4,13,15-16H2,1H3,(H2,34,36)(H,37,42)(H,35,38,41). The zero-order chi connectivity index (χ0) is 30.4. The summed E-state index contributed by atoms with van der Waals surface area (Å²) in [6.07, 6.45) is 3.32. The molecule has 0 spiro atoms. The highest BCUT2D eigenvalue weighted by atomic mass is 19.4. The molecule has 1 saturated heterocycles. The smallest absolute Gasteiger partial charge is 0.382 e. The van der Waals surface area contributed by atoms with Crippen LogP contribution in [0.15, 0.2) is 55.0 Å². The van der Waals surface area contributed by atoms with Gasteiger partial charge in [-0.25, -0.2) is 15.0 Å². The highest BCUT2D eigenvalue weighted by molar-refractivity contribution is 6.04. The number of benzene rings is 1. The summed E-state index contributed by atoms with van der Waals surface area (Å²) in [6, 6.07) is 8.17. The lowest BCUT2D eigenvalue weighted by molar-refractivity contribution is -0.158. The molecule has 1 aliphatic carbocycles. The second-order valence-electron chi connectivity index (χ2n) is 11.4. The maximum absolute atomic E-state index is 13.0. The molecule has 43 heavy (non-hydrogen) atoms. The number of hydrogen-bond acceptors (Lipinski definition) is 7. The lowest BCUT2D eigenvalue weighted by Crippen LogP contribution is -2.54. The number of fused-ring (bicyclic) bond motifs is 1. The van der Waals surface area contributed by atoms with Gasteiger partial charge >= 0.3 is 6.18 Å². The number of alkyl halides is 3. The van der Waals surface area contributed by atoms with Crippen LogP contribution in [0.4, 0.5) is 24.8 Å². The Balaban J connectivity index is 1.23. The minimum atomic E-state index is -4.55. The Morgan fingerprint density at radius 3 is 2.56 bits per heavy atom. The summed E-state index contributed by atoms with van der Waals surface area (Å²) in [5, 5.41) is 5.63. The van der Waals surface area contributed by atoms with Crippen LogP contribution >= 0.6 is 0 Å². The van der Waals surface area contributed by atoms with E-state index in [2.05, 4.69) is 20.6 Å². The first kappa shape index (κ1) is 28.6.